The first-order valence-electron chi connectivity index (χ1n) is 4.92. The average Bonchev–Trinajstić information content (AvgIpc) is 2.15. The molecule has 0 saturated carbocycles. The lowest BCUT2D eigenvalue weighted by atomic mass is 9.99. The fraction of sp³-hybridized carbons (Fsp3) is 0.778. The summed E-state index contributed by atoms with van der Waals surface area (Å²) in [5.41, 5.74) is -1.46. The van der Waals surface area contributed by atoms with Crippen molar-refractivity contribution in [1.82, 2.24) is 10.6 Å². The monoisotopic (exact) mass is 256 g/mol. The maximum Gasteiger partial charge on any atom is 0.401 e. The van der Waals surface area contributed by atoms with Crippen molar-refractivity contribution in [2.45, 2.75) is 32.0 Å². The molecule has 0 aromatic heterocycles. The molecule has 0 heterocycles. The number of carboxylic acid groups (broad SMARTS) is 1. The predicted octanol–water partition coefficient (Wildman–Crippen LogP) is 0.508. The molecule has 100 valence electrons. The Morgan fingerprint density at radius 1 is 1.29 bits per heavy atom. The van der Waals surface area contributed by atoms with Crippen molar-refractivity contribution in [3.05, 3.63) is 0 Å². The minimum absolute atomic E-state index is 0.132. The van der Waals surface area contributed by atoms with Crippen LogP contribution < -0.4 is 10.6 Å². The number of rotatable bonds is 6. The number of amides is 1. The molecule has 17 heavy (non-hydrogen) atoms. The fourth-order valence-electron chi connectivity index (χ4n) is 0.963. The van der Waals surface area contributed by atoms with E-state index in [1.54, 1.807) is 6.92 Å². The van der Waals surface area contributed by atoms with Gasteiger partial charge >= 0.3 is 12.1 Å². The van der Waals surface area contributed by atoms with Gasteiger partial charge in [0.2, 0.25) is 5.91 Å². The van der Waals surface area contributed by atoms with Gasteiger partial charge in [0.25, 0.3) is 0 Å². The standard InChI is InChI=1S/C9H15F3N2O3/c1-3-8(2,7(16)17)14-6(15)4-13-5-9(10,11)12/h13H,3-5H2,1-2H3,(H,14,15)(H,16,17). The number of carbonyl (C=O) groups is 2. The molecule has 0 fully saturated rings. The number of halogens is 3. The number of hydrogen-bond donors (Lipinski definition) is 3. The third-order valence-corrected chi connectivity index (χ3v) is 2.21. The van der Waals surface area contributed by atoms with Crippen LogP contribution in [0.2, 0.25) is 0 Å². The van der Waals surface area contributed by atoms with Crippen molar-refractivity contribution in [2.24, 2.45) is 0 Å². The van der Waals surface area contributed by atoms with E-state index in [0.29, 0.717) is 0 Å². The van der Waals surface area contributed by atoms with E-state index in [1.165, 1.54) is 6.92 Å². The number of hydrogen-bond acceptors (Lipinski definition) is 3. The lowest BCUT2D eigenvalue weighted by molar-refractivity contribution is -0.147. The van der Waals surface area contributed by atoms with Gasteiger partial charge in [-0.1, -0.05) is 6.92 Å². The smallest absolute Gasteiger partial charge is 0.401 e. The lowest BCUT2D eigenvalue weighted by Crippen LogP contribution is -2.54. The fourth-order valence-corrected chi connectivity index (χ4v) is 0.963. The van der Waals surface area contributed by atoms with Crippen LogP contribution >= 0.6 is 0 Å². The highest BCUT2D eigenvalue weighted by Gasteiger charge is 2.33. The summed E-state index contributed by atoms with van der Waals surface area (Å²) in [4.78, 5) is 22.0. The van der Waals surface area contributed by atoms with Crippen LogP contribution in [0.4, 0.5) is 13.2 Å². The summed E-state index contributed by atoms with van der Waals surface area (Å²) in [7, 11) is 0. The molecule has 0 rings (SSSR count). The Balaban J connectivity index is 4.14. The third kappa shape index (κ3) is 6.10. The Bertz CT molecular complexity index is 294. The highest BCUT2D eigenvalue weighted by molar-refractivity contribution is 5.87. The van der Waals surface area contributed by atoms with Crippen LogP contribution in [0.15, 0.2) is 0 Å². The highest BCUT2D eigenvalue weighted by atomic mass is 19.4. The molecule has 1 unspecified atom stereocenters. The van der Waals surface area contributed by atoms with Gasteiger partial charge in [-0.2, -0.15) is 13.2 Å². The zero-order valence-corrected chi connectivity index (χ0v) is 9.52. The first-order chi connectivity index (χ1) is 7.60. The quantitative estimate of drug-likeness (QED) is 0.647. The maximum atomic E-state index is 11.8. The molecule has 0 aromatic carbocycles. The van der Waals surface area contributed by atoms with E-state index in [0.717, 1.165) is 0 Å². The molecule has 0 aliphatic rings. The second-order valence-corrected chi connectivity index (χ2v) is 3.76. The Labute approximate surface area is 96.4 Å². The number of nitrogens with one attached hydrogen (secondary N) is 2. The van der Waals surface area contributed by atoms with Crippen molar-refractivity contribution < 1.29 is 27.9 Å². The molecule has 1 atom stereocenters. The summed E-state index contributed by atoms with van der Waals surface area (Å²) in [5, 5.41) is 12.9. The Hall–Kier alpha value is -1.31. The predicted molar refractivity (Wildman–Crippen MR) is 53.4 cm³/mol. The summed E-state index contributed by atoms with van der Waals surface area (Å²) >= 11 is 0. The van der Waals surface area contributed by atoms with Crippen LogP contribution in [-0.2, 0) is 9.59 Å². The van der Waals surface area contributed by atoms with Crippen LogP contribution in [0.1, 0.15) is 20.3 Å². The molecule has 0 spiro atoms. The SMILES string of the molecule is CCC(C)(NC(=O)CNCC(F)(F)F)C(=O)O. The number of aliphatic carboxylic acids is 1. The first kappa shape index (κ1) is 15.7. The van der Waals surface area contributed by atoms with Gasteiger partial charge in [0.1, 0.15) is 5.54 Å². The molecular formula is C9H15F3N2O3. The van der Waals surface area contributed by atoms with Crippen LogP contribution in [0.25, 0.3) is 0 Å². The van der Waals surface area contributed by atoms with E-state index in [9.17, 15) is 22.8 Å². The highest BCUT2D eigenvalue weighted by Crippen LogP contribution is 2.12. The van der Waals surface area contributed by atoms with E-state index >= 15 is 0 Å². The molecule has 0 aliphatic carbocycles. The van der Waals surface area contributed by atoms with Crippen LogP contribution in [0, 0.1) is 0 Å². The molecule has 0 bridgehead atoms. The largest absolute Gasteiger partial charge is 0.480 e. The topological polar surface area (TPSA) is 78.4 Å². The summed E-state index contributed by atoms with van der Waals surface area (Å²) in [6.45, 7) is 0.966. The minimum atomic E-state index is -4.40. The van der Waals surface area contributed by atoms with Gasteiger partial charge in [0.15, 0.2) is 0 Å². The van der Waals surface area contributed by atoms with E-state index in [2.05, 4.69) is 5.32 Å². The minimum Gasteiger partial charge on any atom is -0.480 e. The Morgan fingerprint density at radius 3 is 2.18 bits per heavy atom. The van der Waals surface area contributed by atoms with E-state index in [4.69, 9.17) is 5.11 Å². The van der Waals surface area contributed by atoms with Gasteiger partial charge in [0.05, 0.1) is 13.1 Å². The molecular weight excluding hydrogens is 241 g/mol. The number of alkyl halides is 3. The molecule has 0 saturated heterocycles. The molecule has 8 heteroatoms. The van der Waals surface area contributed by atoms with Gasteiger partial charge in [-0.05, 0) is 13.3 Å². The van der Waals surface area contributed by atoms with Crippen LogP contribution in [-0.4, -0.2) is 41.8 Å². The lowest BCUT2D eigenvalue weighted by Gasteiger charge is -2.24. The van der Waals surface area contributed by atoms with Crippen LogP contribution in [0.3, 0.4) is 0 Å². The third-order valence-electron chi connectivity index (χ3n) is 2.21. The van der Waals surface area contributed by atoms with Gasteiger partial charge < -0.3 is 15.7 Å². The second kappa shape index (κ2) is 5.85. The zero-order chi connectivity index (χ0) is 13.7. The number of carboxylic acids is 1. The first-order valence-corrected chi connectivity index (χ1v) is 4.92. The van der Waals surface area contributed by atoms with Crippen molar-refractivity contribution in [1.29, 1.82) is 0 Å². The molecule has 5 nitrogen and oxygen atoms in total. The summed E-state index contributed by atoms with van der Waals surface area (Å²) in [6, 6.07) is 0. The van der Waals surface area contributed by atoms with E-state index in [1.807, 2.05) is 5.32 Å². The van der Waals surface area contributed by atoms with E-state index in [-0.39, 0.29) is 6.42 Å². The normalized spacial score (nSPS) is 15.1. The zero-order valence-electron chi connectivity index (χ0n) is 9.52. The van der Waals surface area contributed by atoms with Crippen molar-refractivity contribution in [3.63, 3.8) is 0 Å². The molecule has 0 aromatic rings. The van der Waals surface area contributed by atoms with E-state index < -0.39 is 36.7 Å². The van der Waals surface area contributed by atoms with Gasteiger partial charge in [-0.15, -0.1) is 0 Å². The van der Waals surface area contributed by atoms with Crippen LogP contribution in [0.5, 0.6) is 0 Å². The van der Waals surface area contributed by atoms with Gasteiger partial charge in [0, 0.05) is 0 Å². The summed E-state index contributed by atoms with van der Waals surface area (Å²) < 4.78 is 35.3. The average molecular weight is 256 g/mol. The molecule has 3 N–H and O–H groups in total. The molecule has 1 amide bonds. The van der Waals surface area contributed by atoms with Gasteiger partial charge in [-0.3, -0.25) is 4.79 Å². The Kier molecular flexibility index (Phi) is 5.40. The Morgan fingerprint density at radius 2 is 1.82 bits per heavy atom. The van der Waals surface area contributed by atoms with Crippen molar-refractivity contribution >= 4 is 11.9 Å². The van der Waals surface area contributed by atoms with Crippen molar-refractivity contribution in [3.8, 4) is 0 Å². The summed E-state index contributed by atoms with van der Waals surface area (Å²) in [5.74, 6) is -2.02. The molecule has 0 aliphatic heterocycles. The maximum absolute atomic E-state index is 11.8. The second-order valence-electron chi connectivity index (χ2n) is 3.76. The van der Waals surface area contributed by atoms with Crippen molar-refractivity contribution in [2.75, 3.05) is 13.1 Å². The number of carbonyl (C=O) groups excluding carboxylic acids is 1. The summed E-state index contributed by atoms with van der Waals surface area (Å²) in [6.07, 6.45) is -4.27. The van der Waals surface area contributed by atoms with Gasteiger partial charge in [-0.25, -0.2) is 4.79 Å². The molecule has 0 radical (unpaired) electrons.